The van der Waals surface area contributed by atoms with Crippen LogP contribution in [0.15, 0.2) is 18.5 Å². The fraction of sp³-hybridized carbons (Fsp3) is 0.700. The van der Waals surface area contributed by atoms with Crippen LogP contribution in [0.1, 0.15) is 71.8 Å². The Balaban J connectivity index is 3.08. The summed E-state index contributed by atoms with van der Waals surface area (Å²) >= 11 is -2.42. The van der Waals surface area contributed by atoms with Crippen LogP contribution < -0.4 is 3.58 Å². The van der Waals surface area contributed by atoms with Gasteiger partial charge in [0.15, 0.2) is 0 Å². The number of ether oxygens (including phenoxy) is 1. The van der Waals surface area contributed by atoms with E-state index in [1.165, 1.54) is 58.8 Å². The van der Waals surface area contributed by atoms with Crippen LogP contribution in [0.25, 0.3) is 0 Å². The van der Waals surface area contributed by atoms with Crippen molar-refractivity contribution in [1.29, 1.82) is 0 Å². The van der Waals surface area contributed by atoms with Crippen molar-refractivity contribution < 1.29 is 9.53 Å². The molecule has 4 heteroatoms. The van der Waals surface area contributed by atoms with Gasteiger partial charge in [0.1, 0.15) is 0 Å². The number of hydrogen-bond donors (Lipinski definition) is 0. The van der Waals surface area contributed by atoms with E-state index in [1.807, 2.05) is 6.20 Å². The van der Waals surface area contributed by atoms with Crippen LogP contribution in [0.5, 0.6) is 0 Å². The maximum absolute atomic E-state index is 11.1. The van der Waals surface area contributed by atoms with E-state index in [2.05, 4.69) is 38.0 Å². The Morgan fingerprint density at radius 3 is 2.00 bits per heavy atom. The number of aromatic nitrogens is 1. The molecule has 0 unspecified atom stereocenters. The molecule has 1 rings (SSSR count). The summed E-state index contributed by atoms with van der Waals surface area (Å²) in [5.41, 5.74) is 1.05. The Kier molecular flexibility index (Phi) is 10.6. The van der Waals surface area contributed by atoms with Gasteiger partial charge in [-0.15, -0.1) is 0 Å². The summed E-state index contributed by atoms with van der Waals surface area (Å²) in [4.78, 5) is 15.6. The predicted molar refractivity (Wildman–Crippen MR) is 104 cm³/mol. The second-order valence-electron chi connectivity index (χ2n) is 6.95. The van der Waals surface area contributed by atoms with Crippen molar-refractivity contribution in [2.75, 3.05) is 0 Å². The predicted octanol–water partition coefficient (Wildman–Crippen LogP) is 5.20. The molecule has 0 fully saturated rings. The Labute approximate surface area is 152 Å². The van der Waals surface area contributed by atoms with Crippen LogP contribution in [-0.4, -0.2) is 29.3 Å². The molecule has 0 spiro atoms. The minimum absolute atomic E-state index is 0.224. The van der Waals surface area contributed by atoms with E-state index in [-0.39, 0.29) is 5.97 Å². The third-order valence-corrected chi connectivity index (χ3v) is 20.4. The molecule has 0 aliphatic heterocycles. The molecule has 0 aliphatic rings. The quantitative estimate of drug-likeness (QED) is 0.331. The fourth-order valence-corrected chi connectivity index (χ4v) is 19.2. The molecular formula is C20H35NO2Sn. The Morgan fingerprint density at radius 1 is 1.00 bits per heavy atom. The molecule has 136 valence electrons. The van der Waals surface area contributed by atoms with Crippen LogP contribution >= 0.6 is 0 Å². The molecule has 0 aromatic carbocycles. The number of esters is 1. The third-order valence-electron chi connectivity index (χ3n) is 4.88. The van der Waals surface area contributed by atoms with Crippen LogP contribution in [0.3, 0.4) is 0 Å². The summed E-state index contributed by atoms with van der Waals surface area (Å²) in [6.07, 6.45) is 11.8. The number of unbranched alkanes of at least 4 members (excludes halogenated alkanes) is 3. The molecule has 0 amide bonds. The van der Waals surface area contributed by atoms with E-state index in [1.54, 1.807) is 3.58 Å². The van der Waals surface area contributed by atoms with Gasteiger partial charge in [-0.25, -0.2) is 0 Å². The van der Waals surface area contributed by atoms with E-state index in [0.29, 0.717) is 6.61 Å². The summed E-state index contributed by atoms with van der Waals surface area (Å²) in [7, 11) is 0. The summed E-state index contributed by atoms with van der Waals surface area (Å²) < 4.78 is 11.0. The third kappa shape index (κ3) is 7.12. The van der Waals surface area contributed by atoms with Gasteiger partial charge in [-0.05, 0) is 0 Å². The number of hydrogen-bond acceptors (Lipinski definition) is 3. The zero-order valence-electron chi connectivity index (χ0n) is 16.1. The summed E-state index contributed by atoms with van der Waals surface area (Å²) in [5.74, 6) is -0.224. The maximum atomic E-state index is 11.1. The second-order valence-corrected chi connectivity index (χ2v) is 20.2. The van der Waals surface area contributed by atoms with Crippen molar-refractivity contribution in [3.8, 4) is 0 Å². The molecule has 0 bridgehead atoms. The van der Waals surface area contributed by atoms with Crippen molar-refractivity contribution in [3.05, 3.63) is 24.0 Å². The molecule has 0 saturated carbocycles. The van der Waals surface area contributed by atoms with E-state index in [9.17, 15) is 4.79 Å². The van der Waals surface area contributed by atoms with Gasteiger partial charge >= 0.3 is 153 Å². The Hall–Kier alpha value is -0.581. The molecular weight excluding hydrogens is 405 g/mol. The number of carbonyl (C=O) groups is 1. The molecule has 0 aliphatic carbocycles. The number of carbonyl (C=O) groups excluding carboxylic acids is 1. The van der Waals surface area contributed by atoms with Crippen LogP contribution in [0.4, 0.5) is 0 Å². The molecule has 1 aromatic rings. The summed E-state index contributed by atoms with van der Waals surface area (Å²) in [6.45, 7) is 8.71. The summed E-state index contributed by atoms with van der Waals surface area (Å²) in [5, 5.41) is 0. The van der Waals surface area contributed by atoms with Gasteiger partial charge in [0.05, 0.1) is 0 Å². The molecule has 0 N–H and O–H groups in total. The van der Waals surface area contributed by atoms with Gasteiger partial charge in [-0.3, -0.25) is 0 Å². The van der Waals surface area contributed by atoms with Crippen molar-refractivity contribution >= 4 is 27.9 Å². The first-order chi connectivity index (χ1) is 11.6. The minimum atomic E-state index is -2.42. The molecule has 24 heavy (non-hydrogen) atoms. The standard InChI is InChI=1S/C8H8NO2.3C4H9.Sn/c1-7(10)11-6-8-3-2-4-9-5-8;3*1-3-4-2;/h3-5H,6H2,1H3;3*1,3-4H2,2H3;. The molecule has 1 aromatic heterocycles. The number of nitrogens with zero attached hydrogens (tertiary/aromatic N) is 1. The summed E-state index contributed by atoms with van der Waals surface area (Å²) in [6, 6.07) is 2.31. The SMILES string of the molecule is CCC[CH2][Sn]([CH2]CCC)([CH2]CCC)[c]1cncc(COC(C)=O)c1. The van der Waals surface area contributed by atoms with Crippen LogP contribution in [0, 0.1) is 0 Å². The molecule has 1 heterocycles. The van der Waals surface area contributed by atoms with Gasteiger partial charge in [0.25, 0.3) is 0 Å². The van der Waals surface area contributed by atoms with Crippen LogP contribution in [0.2, 0.25) is 13.3 Å². The van der Waals surface area contributed by atoms with E-state index < -0.39 is 18.4 Å². The van der Waals surface area contributed by atoms with Crippen LogP contribution in [-0.2, 0) is 16.1 Å². The van der Waals surface area contributed by atoms with Gasteiger partial charge in [-0.2, -0.15) is 0 Å². The topological polar surface area (TPSA) is 39.2 Å². The average molecular weight is 440 g/mol. The fourth-order valence-electron chi connectivity index (χ4n) is 3.40. The van der Waals surface area contributed by atoms with Crippen molar-refractivity contribution in [3.63, 3.8) is 0 Å². The van der Waals surface area contributed by atoms with Crippen molar-refractivity contribution in [2.45, 2.75) is 86.1 Å². The van der Waals surface area contributed by atoms with Crippen molar-refractivity contribution in [2.24, 2.45) is 0 Å². The van der Waals surface area contributed by atoms with Gasteiger partial charge in [0.2, 0.25) is 0 Å². The molecule has 0 atom stereocenters. The van der Waals surface area contributed by atoms with E-state index in [4.69, 9.17) is 4.74 Å². The number of rotatable bonds is 12. The number of pyridine rings is 1. The van der Waals surface area contributed by atoms with Gasteiger partial charge < -0.3 is 0 Å². The molecule has 0 saturated heterocycles. The zero-order valence-corrected chi connectivity index (χ0v) is 18.9. The second kappa shape index (κ2) is 11.9. The van der Waals surface area contributed by atoms with E-state index in [0.717, 1.165) is 5.56 Å². The van der Waals surface area contributed by atoms with Gasteiger partial charge in [-0.1, -0.05) is 0 Å². The first kappa shape index (κ1) is 21.5. The normalized spacial score (nSPS) is 11.5. The van der Waals surface area contributed by atoms with Gasteiger partial charge in [0, 0.05) is 0 Å². The molecule has 0 radical (unpaired) electrons. The first-order valence-electron chi connectivity index (χ1n) is 9.65. The van der Waals surface area contributed by atoms with Crippen molar-refractivity contribution in [1.82, 2.24) is 4.98 Å². The Morgan fingerprint density at radius 2 is 1.54 bits per heavy atom. The first-order valence-corrected chi connectivity index (χ1v) is 17.1. The van der Waals surface area contributed by atoms with E-state index >= 15 is 0 Å². The molecule has 3 nitrogen and oxygen atoms in total. The zero-order chi connectivity index (χ0) is 17.8. The Bertz CT molecular complexity index is 469. The average Bonchev–Trinajstić information content (AvgIpc) is 2.60. The monoisotopic (exact) mass is 441 g/mol.